The molecule has 0 atom stereocenters. The fourth-order valence-corrected chi connectivity index (χ4v) is 4.05. The number of aromatic nitrogens is 2. The first-order valence-corrected chi connectivity index (χ1v) is 11.9. The molecular formula is C30H34N4O. The fraction of sp³-hybridized carbons (Fsp3) is 0.300. The van der Waals surface area contributed by atoms with Crippen LogP contribution in [0.4, 0.5) is 11.6 Å². The Kier molecular flexibility index (Phi) is 6.14. The van der Waals surface area contributed by atoms with Crippen LogP contribution in [0.25, 0.3) is 22.0 Å². The molecule has 0 spiro atoms. The summed E-state index contributed by atoms with van der Waals surface area (Å²) in [5, 5.41) is 4.03. The topological polar surface area (TPSA) is 80.9 Å². The number of amides is 1. The standard InChI is InChI=1S/C30H34N4O/c1-18-8-10-24(16-25(18)19-9-11-26-21(12-19)17-32-28(31)34-26)33-27(35)20-13-22(29(2,3)4)15-23(14-20)30(5,6)7/h8-17H,1-7H3,(H,33,35)(H2,31,32,34). The predicted octanol–water partition coefficient (Wildman–Crippen LogP) is 7.03. The van der Waals surface area contributed by atoms with Gasteiger partial charge in [-0.05, 0) is 82.0 Å². The Balaban J connectivity index is 1.69. The molecule has 4 rings (SSSR count). The molecule has 0 aliphatic rings. The zero-order chi connectivity index (χ0) is 25.5. The van der Waals surface area contributed by atoms with E-state index in [1.807, 2.05) is 48.5 Å². The second-order valence-electron chi connectivity index (χ2n) is 11.3. The van der Waals surface area contributed by atoms with Crippen molar-refractivity contribution >= 4 is 28.4 Å². The van der Waals surface area contributed by atoms with E-state index in [-0.39, 0.29) is 22.7 Å². The lowest BCUT2D eigenvalue weighted by molar-refractivity contribution is 0.102. The highest BCUT2D eigenvalue weighted by Crippen LogP contribution is 2.32. The average Bonchev–Trinajstić information content (AvgIpc) is 2.78. The molecule has 0 saturated carbocycles. The molecule has 1 heterocycles. The quantitative estimate of drug-likeness (QED) is 0.339. The van der Waals surface area contributed by atoms with Crippen molar-refractivity contribution in [2.45, 2.75) is 59.3 Å². The minimum Gasteiger partial charge on any atom is -0.368 e. The smallest absolute Gasteiger partial charge is 0.255 e. The van der Waals surface area contributed by atoms with Crippen molar-refractivity contribution in [2.75, 3.05) is 11.1 Å². The van der Waals surface area contributed by atoms with Gasteiger partial charge in [-0.2, -0.15) is 0 Å². The fourth-order valence-electron chi connectivity index (χ4n) is 4.05. The molecule has 1 amide bonds. The zero-order valence-corrected chi connectivity index (χ0v) is 21.7. The van der Waals surface area contributed by atoms with Gasteiger partial charge in [0.2, 0.25) is 5.95 Å². The highest BCUT2D eigenvalue weighted by Gasteiger charge is 2.22. The van der Waals surface area contributed by atoms with Crippen LogP contribution in [0.2, 0.25) is 0 Å². The number of rotatable bonds is 3. The second-order valence-corrected chi connectivity index (χ2v) is 11.3. The van der Waals surface area contributed by atoms with Gasteiger partial charge in [0.05, 0.1) is 5.52 Å². The number of carbonyl (C=O) groups is 1. The van der Waals surface area contributed by atoms with Crippen LogP contribution in [-0.2, 0) is 10.8 Å². The lowest BCUT2D eigenvalue weighted by atomic mass is 9.79. The molecular weight excluding hydrogens is 432 g/mol. The van der Waals surface area contributed by atoms with Gasteiger partial charge in [0.1, 0.15) is 0 Å². The third-order valence-electron chi connectivity index (χ3n) is 6.33. The van der Waals surface area contributed by atoms with Gasteiger partial charge >= 0.3 is 0 Å². The number of hydrogen-bond donors (Lipinski definition) is 2. The predicted molar refractivity (Wildman–Crippen MR) is 146 cm³/mol. The van der Waals surface area contributed by atoms with E-state index in [2.05, 4.69) is 69.8 Å². The number of anilines is 2. The number of nitrogens with two attached hydrogens (primary N) is 1. The molecule has 35 heavy (non-hydrogen) atoms. The number of aryl methyl sites for hydroxylation is 1. The Labute approximate surface area is 207 Å². The van der Waals surface area contributed by atoms with E-state index in [9.17, 15) is 4.79 Å². The minimum absolute atomic E-state index is 0.0578. The summed E-state index contributed by atoms with van der Waals surface area (Å²) in [5.74, 6) is 0.148. The van der Waals surface area contributed by atoms with Crippen molar-refractivity contribution in [1.82, 2.24) is 9.97 Å². The first kappa shape index (κ1) is 24.4. The van der Waals surface area contributed by atoms with Crippen LogP contribution < -0.4 is 11.1 Å². The van der Waals surface area contributed by atoms with E-state index in [1.165, 1.54) is 0 Å². The number of nitrogens with one attached hydrogen (secondary N) is 1. The third-order valence-corrected chi connectivity index (χ3v) is 6.33. The van der Waals surface area contributed by atoms with Crippen LogP contribution >= 0.6 is 0 Å². The molecule has 4 aromatic rings. The summed E-state index contributed by atoms with van der Waals surface area (Å²) in [5.41, 5.74) is 13.3. The highest BCUT2D eigenvalue weighted by molar-refractivity contribution is 6.05. The molecule has 0 saturated heterocycles. The van der Waals surface area contributed by atoms with Crippen molar-refractivity contribution in [3.05, 3.63) is 83.0 Å². The summed E-state index contributed by atoms with van der Waals surface area (Å²) in [6.45, 7) is 15.1. The normalized spacial score (nSPS) is 12.1. The average molecular weight is 467 g/mol. The van der Waals surface area contributed by atoms with Crippen LogP contribution in [0.5, 0.6) is 0 Å². The minimum atomic E-state index is -0.112. The molecule has 180 valence electrons. The summed E-state index contributed by atoms with van der Waals surface area (Å²) >= 11 is 0. The number of hydrogen-bond acceptors (Lipinski definition) is 4. The van der Waals surface area contributed by atoms with E-state index in [0.717, 1.165) is 44.4 Å². The number of carbonyl (C=O) groups excluding carboxylic acids is 1. The second kappa shape index (κ2) is 8.81. The Bertz CT molecular complexity index is 1390. The third kappa shape index (κ3) is 5.35. The molecule has 0 bridgehead atoms. The Morgan fingerprint density at radius 1 is 0.857 bits per heavy atom. The Morgan fingerprint density at radius 2 is 1.51 bits per heavy atom. The monoisotopic (exact) mass is 466 g/mol. The van der Waals surface area contributed by atoms with Gasteiger partial charge in [-0.1, -0.05) is 59.7 Å². The SMILES string of the molecule is Cc1ccc(NC(=O)c2cc(C(C)(C)C)cc(C(C)(C)C)c2)cc1-c1ccc2nc(N)ncc2c1. The number of fused-ring (bicyclic) bond motifs is 1. The molecule has 0 aliphatic carbocycles. The summed E-state index contributed by atoms with van der Waals surface area (Å²) < 4.78 is 0. The van der Waals surface area contributed by atoms with Gasteiger partial charge < -0.3 is 11.1 Å². The number of benzene rings is 3. The maximum atomic E-state index is 13.4. The molecule has 0 radical (unpaired) electrons. The number of nitrogen functional groups attached to an aromatic ring is 1. The maximum absolute atomic E-state index is 13.4. The van der Waals surface area contributed by atoms with Crippen molar-refractivity contribution in [3.8, 4) is 11.1 Å². The molecule has 5 heteroatoms. The first-order chi connectivity index (χ1) is 16.3. The van der Waals surface area contributed by atoms with E-state index >= 15 is 0 Å². The van der Waals surface area contributed by atoms with Crippen molar-refractivity contribution in [2.24, 2.45) is 0 Å². The summed E-state index contributed by atoms with van der Waals surface area (Å²) in [6, 6.07) is 18.2. The summed E-state index contributed by atoms with van der Waals surface area (Å²) in [7, 11) is 0. The molecule has 1 aromatic heterocycles. The van der Waals surface area contributed by atoms with Crippen LogP contribution in [0.15, 0.2) is 60.8 Å². The van der Waals surface area contributed by atoms with Crippen molar-refractivity contribution < 1.29 is 4.79 Å². The van der Waals surface area contributed by atoms with Crippen LogP contribution in [0.1, 0.15) is 68.6 Å². The largest absolute Gasteiger partial charge is 0.368 e. The lowest BCUT2D eigenvalue weighted by Crippen LogP contribution is -2.20. The van der Waals surface area contributed by atoms with Gasteiger partial charge in [-0.3, -0.25) is 4.79 Å². The van der Waals surface area contributed by atoms with E-state index in [1.54, 1.807) is 6.20 Å². The van der Waals surface area contributed by atoms with Gasteiger partial charge in [-0.15, -0.1) is 0 Å². The van der Waals surface area contributed by atoms with Crippen LogP contribution in [0.3, 0.4) is 0 Å². The van der Waals surface area contributed by atoms with Gasteiger partial charge in [0.15, 0.2) is 0 Å². The van der Waals surface area contributed by atoms with Crippen LogP contribution in [0, 0.1) is 6.92 Å². The summed E-state index contributed by atoms with van der Waals surface area (Å²) in [4.78, 5) is 21.8. The Morgan fingerprint density at radius 3 is 2.14 bits per heavy atom. The molecule has 3 aromatic carbocycles. The lowest BCUT2D eigenvalue weighted by Gasteiger charge is -2.26. The molecule has 3 N–H and O–H groups in total. The highest BCUT2D eigenvalue weighted by atomic mass is 16.1. The number of nitrogens with zero attached hydrogens (tertiary/aromatic N) is 2. The molecule has 0 aliphatic heterocycles. The summed E-state index contributed by atoms with van der Waals surface area (Å²) in [6.07, 6.45) is 1.73. The molecule has 5 nitrogen and oxygen atoms in total. The molecule has 0 unspecified atom stereocenters. The van der Waals surface area contributed by atoms with Crippen LogP contribution in [-0.4, -0.2) is 15.9 Å². The van der Waals surface area contributed by atoms with Gasteiger partial charge in [0.25, 0.3) is 5.91 Å². The van der Waals surface area contributed by atoms with E-state index in [0.29, 0.717) is 5.56 Å². The zero-order valence-electron chi connectivity index (χ0n) is 21.7. The van der Waals surface area contributed by atoms with Crippen molar-refractivity contribution in [3.63, 3.8) is 0 Å². The van der Waals surface area contributed by atoms with Gasteiger partial charge in [-0.25, -0.2) is 9.97 Å². The van der Waals surface area contributed by atoms with Gasteiger partial charge in [0, 0.05) is 22.8 Å². The first-order valence-electron chi connectivity index (χ1n) is 11.9. The van der Waals surface area contributed by atoms with E-state index < -0.39 is 0 Å². The Hall–Kier alpha value is -3.73. The maximum Gasteiger partial charge on any atom is 0.255 e. The van der Waals surface area contributed by atoms with Crippen molar-refractivity contribution in [1.29, 1.82) is 0 Å². The molecule has 0 fully saturated rings. The van der Waals surface area contributed by atoms with E-state index in [4.69, 9.17) is 5.73 Å².